The second kappa shape index (κ2) is 3.80. The van der Waals surface area contributed by atoms with Gasteiger partial charge >= 0.3 is 0 Å². The van der Waals surface area contributed by atoms with Gasteiger partial charge in [0.15, 0.2) is 5.82 Å². The molecule has 0 amide bonds. The molecule has 1 aromatic carbocycles. The van der Waals surface area contributed by atoms with Crippen molar-refractivity contribution in [2.24, 2.45) is 7.05 Å². The molecular formula is C13H12N4O. The zero-order valence-electron chi connectivity index (χ0n) is 10.1. The van der Waals surface area contributed by atoms with Crippen LogP contribution in [0.15, 0.2) is 35.1 Å². The van der Waals surface area contributed by atoms with E-state index in [1.54, 1.807) is 0 Å². The number of fused-ring (bicyclic) bond motifs is 1. The number of benzene rings is 1. The SMILES string of the molecule is Cc1nnc(-c2cccc3[nH]c(=O)ccc23)n1C. The van der Waals surface area contributed by atoms with E-state index in [0.29, 0.717) is 0 Å². The number of pyridine rings is 1. The Labute approximate surface area is 103 Å². The average molecular weight is 240 g/mol. The van der Waals surface area contributed by atoms with Crippen LogP contribution in [0, 0.1) is 6.92 Å². The van der Waals surface area contributed by atoms with Crippen LogP contribution in [0.2, 0.25) is 0 Å². The van der Waals surface area contributed by atoms with Gasteiger partial charge in [0, 0.05) is 29.6 Å². The van der Waals surface area contributed by atoms with Gasteiger partial charge in [-0.05, 0) is 19.1 Å². The Hall–Kier alpha value is -2.43. The van der Waals surface area contributed by atoms with Crippen molar-refractivity contribution >= 4 is 10.9 Å². The van der Waals surface area contributed by atoms with Crippen LogP contribution in [0.25, 0.3) is 22.3 Å². The molecule has 0 aliphatic rings. The van der Waals surface area contributed by atoms with Crippen LogP contribution in [0.4, 0.5) is 0 Å². The van der Waals surface area contributed by atoms with Crippen LogP contribution >= 0.6 is 0 Å². The maximum Gasteiger partial charge on any atom is 0.248 e. The van der Waals surface area contributed by atoms with Crippen LogP contribution in [0.5, 0.6) is 0 Å². The quantitative estimate of drug-likeness (QED) is 0.703. The molecule has 0 radical (unpaired) electrons. The normalized spacial score (nSPS) is 11.0. The fourth-order valence-corrected chi connectivity index (χ4v) is 2.02. The van der Waals surface area contributed by atoms with E-state index in [2.05, 4.69) is 15.2 Å². The molecule has 0 saturated heterocycles. The summed E-state index contributed by atoms with van der Waals surface area (Å²) >= 11 is 0. The zero-order chi connectivity index (χ0) is 12.7. The molecule has 90 valence electrons. The molecule has 2 aromatic heterocycles. The van der Waals surface area contributed by atoms with Crippen LogP contribution in [-0.4, -0.2) is 19.7 Å². The molecular weight excluding hydrogens is 228 g/mol. The Morgan fingerprint density at radius 2 is 2.00 bits per heavy atom. The maximum absolute atomic E-state index is 11.3. The Bertz CT molecular complexity index is 785. The fraction of sp³-hybridized carbons (Fsp3) is 0.154. The first-order valence-corrected chi connectivity index (χ1v) is 5.65. The Kier molecular flexibility index (Phi) is 2.26. The molecule has 18 heavy (non-hydrogen) atoms. The number of aromatic nitrogens is 4. The van der Waals surface area contributed by atoms with Crippen molar-refractivity contribution in [1.29, 1.82) is 0 Å². The molecule has 2 heterocycles. The number of hydrogen-bond donors (Lipinski definition) is 1. The van der Waals surface area contributed by atoms with Gasteiger partial charge in [0.1, 0.15) is 5.82 Å². The molecule has 5 nitrogen and oxygen atoms in total. The fourth-order valence-electron chi connectivity index (χ4n) is 2.02. The number of aryl methyl sites for hydroxylation is 1. The summed E-state index contributed by atoms with van der Waals surface area (Å²) in [6.45, 7) is 1.91. The first-order chi connectivity index (χ1) is 8.66. The van der Waals surface area contributed by atoms with Gasteiger partial charge in [-0.2, -0.15) is 0 Å². The van der Waals surface area contributed by atoms with Crippen molar-refractivity contribution in [2.75, 3.05) is 0 Å². The predicted molar refractivity (Wildman–Crippen MR) is 69.3 cm³/mol. The van der Waals surface area contributed by atoms with Crippen LogP contribution < -0.4 is 5.56 Å². The Morgan fingerprint density at radius 3 is 2.72 bits per heavy atom. The highest BCUT2D eigenvalue weighted by Gasteiger charge is 2.11. The predicted octanol–water partition coefficient (Wildman–Crippen LogP) is 1.63. The number of nitrogens with zero attached hydrogens (tertiary/aromatic N) is 3. The van der Waals surface area contributed by atoms with E-state index in [-0.39, 0.29) is 5.56 Å². The topological polar surface area (TPSA) is 63.6 Å². The summed E-state index contributed by atoms with van der Waals surface area (Å²) in [5.74, 6) is 1.65. The number of nitrogens with one attached hydrogen (secondary N) is 1. The van der Waals surface area contributed by atoms with Crippen LogP contribution in [-0.2, 0) is 7.05 Å². The lowest BCUT2D eigenvalue weighted by molar-refractivity contribution is 0.865. The zero-order valence-corrected chi connectivity index (χ0v) is 10.1. The van der Waals surface area contributed by atoms with Gasteiger partial charge in [0.05, 0.1) is 0 Å². The molecule has 0 atom stereocenters. The van der Waals surface area contributed by atoms with E-state index in [1.807, 2.05) is 42.8 Å². The highest BCUT2D eigenvalue weighted by molar-refractivity contribution is 5.92. The van der Waals surface area contributed by atoms with Crippen LogP contribution in [0.3, 0.4) is 0 Å². The number of aromatic amines is 1. The average Bonchev–Trinajstić information content (AvgIpc) is 2.69. The third-order valence-corrected chi connectivity index (χ3v) is 3.10. The lowest BCUT2D eigenvalue weighted by Gasteiger charge is -2.05. The molecule has 0 aliphatic heterocycles. The lowest BCUT2D eigenvalue weighted by atomic mass is 10.1. The first-order valence-electron chi connectivity index (χ1n) is 5.65. The van der Waals surface area contributed by atoms with Gasteiger partial charge in [-0.15, -0.1) is 10.2 Å². The largest absolute Gasteiger partial charge is 0.322 e. The molecule has 0 bridgehead atoms. The smallest absolute Gasteiger partial charge is 0.248 e. The highest BCUT2D eigenvalue weighted by atomic mass is 16.1. The van der Waals surface area contributed by atoms with Crippen molar-refractivity contribution in [3.05, 3.63) is 46.5 Å². The Morgan fingerprint density at radius 1 is 1.17 bits per heavy atom. The second-order valence-corrected chi connectivity index (χ2v) is 4.22. The lowest BCUT2D eigenvalue weighted by Crippen LogP contribution is -2.03. The standard InChI is InChI=1S/C13H12N4O/c1-8-15-16-13(17(8)2)10-4-3-5-11-9(10)6-7-12(18)14-11/h3-7H,1-2H3,(H,14,18). The number of rotatable bonds is 1. The minimum absolute atomic E-state index is 0.103. The van der Waals surface area contributed by atoms with Crippen molar-refractivity contribution < 1.29 is 0 Å². The molecule has 3 rings (SSSR count). The van der Waals surface area contributed by atoms with Gasteiger partial charge in [0.25, 0.3) is 0 Å². The molecule has 1 N–H and O–H groups in total. The van der Waals surface area contributed by atoms with E-state index in [4.69, 9.17) is 0 Å². The van der Waals surface area contributed by atoms with Gasteiger partial charge in [-0.3, -0.25) is 4.79 Å². The molecule has 0 spiro atoms. The summed E-state index contributed by atoms with van der Waals surface area (Å²) in [6.07, 6.45) is 0. The van der Waals surface area contributed by atoms with Crippen molar-refractivity contribution in [3.63, 3.8) is 0 Å². The summed E-state index contributed by atoms with van der Waals surface area (Å²) in [4.78, 5) is 14.1. The maximum atomic E-state index is 11.3. The summed E-state index contributed by atoms with van der Waals surface area (Å²) in [5.41, 5.74) is 1.67. The molecule has 5 heteroatoms. The van der Waals surface area contributed by atoms with Crippen molar-refractivity contribution in [3.8, 4) is 11.4 Å². The molecule has 0 aliphatic carbocycles. The van der Waals surface area contributed by atoms with E-state index < -0.39 is 0 Å². The molecule has 0 saturated carbocycles. The van der Waals surface area contributed by atoms with Crippen LogP contribution in [0.1, 0.15) is 5.82 Å². The van der Waals surface area contributed by atoms with Crippen molar-refractivity contribution in [1.82, 2.24) is 19.7 Å². The Balaban J connectivity index is 2.36. The van der Waals surface area contributed by atoms with E-state index in [9.17, 15) is 4.79 Å². The minimum Gasteiger partial charge on any atom is -0.322 e. The van der Waals surface area contributed by atoms with E-state index >= 15 is 0 Å². The summed E-state index contributed by atoms with van der Waals surface area (Å²) in [7, 11) is 1.93. The third kappa shape index (κ3) is 1.52. The summed E-state index contributed by atoms with van der Waals surface area (Å²) < 4.78 is 1.93. The molecule has 0 fully saturated rings. The molecule has 0 unspecified atom stereocenters. The highest BCUT2D eigenvalue weighted by Crippen LogP contribution is 2.25. The number of hydrogen-bond acceptors (Lipinski definition) is 3. The van der Waals surface area contributed by atoms with Gasteiger partial charge in [0.2, 0.25) is 5.56 Å². The van der Waals surface area contributed by atoms with Gasteiger partial charge < -0.3 is 9.55 Å². The second-order valence-electron chi connectivity index (χ2n) is 4.22. The first kappa shape index (κ1) is 10.7. The van der Waals surface area contributed by atoms with E-state index in [1.165, 1.54) is 6.07 Å². The van der Waals surface area contributed by atoms with Gasteiger partial charge in [-0.1, -0.05) is 12.1 Å². The van der Waals surface area contributed by atoms with Gasteiger partial charge in [-0.25, -0.2) is 0 Å². The molecule has 3 aromatic rings. The monoisotopic (exact) mass is 240 g/mol. The summed E-state index contributed by atoms with van der Waals surface area (Å²) in [6, 6.07) is 9.09. The van der Waals surface area contributed by atoms with Crippen molar-refractivity contribution in [2.45, 2.75) is 6.92 Å². The third-order valence-electron chi connectivity index (χ3n) is 3.10. The summed E-state index contributed by atoms with van der Waals surface area (Å²) in [5, 5.41) is 9.20. The number of H-pyrrole nitrogens is 1. The minimum atomic E-state index is -0.103. The van der Waals surface area contributed by atoms with E-state index in [0.717, 1.165) is 28.1 Å².